The molecule has 0 fully saturated rings. The molecule has 0 radical (unpaired) electrons. The minimum atomic E-state index is 0. The summed E-state index contributed by atoms with van der Waals surface area (Å²) in [6.45, 7) is 2.34. The predicted molar refractivity (Wildman–Crippen MR) is 123 cm³/mol. The van der Waals surface area contributed by atoms with Crippen molar-refractivity contribution in [1.29, 1.82) is 0 Å². The van der Waals surface area contributed by atoms with E-state index in [2.05, 4.69) is 45.0 Å². The number of para-hydroxylation sites is 2. The predicted octanol–water partition coefficient (Wildman–Crippen LogP) is 3.96. The quantitative estimate of drug-likeness (QED) is 0.199. The van der Waals surface area contributed by atoms with Gasteiger partial charge in [0.25, 0.3) is 0 Å². The fourth-order valence-corrected chi connectivity index (χ4v) is 2.86. The summed E-state index contributed by atoms with van der Waals surface area (Å²) in [6.07, 6.45) is 3.95. The zero-order valence-electron chi connectivity index (χ0n) is 15.6. The van der Waals surface area contributed by atoms with Gasteiger partial charge in [0.15, 0.2) is 5.96 Å². The van der Waals surface area contributed by atoms with Gasteiger partial charge in [-0.05, 0) is 36.6 Å². The van der Waals surface area contributed by atoms with E-state index in [0.717, 1.165) is 37.6 Å². The molecule has 144 valence electrons. The molecule has 5 nitrogen and oxygen atoms in total. The third kappa shape index (κ3) is 6.46. The number of nitrogens with one attached hydrogen (secondary N) is 3. The van der Waals surface area contributed by atoms with Gasteiger partial charge in [0.1, 0.15) is 5.75 Å². The monoisotopic (exact) mass is 478 g/mol. The Kier molecular flexibility index (Phi) is 8.97. The Morgan fingerprint density at radius 1 is 1.00 bits per heavy atom. The van der Waals surface area contributed by atoms with Crippen molar-refractivity contribution in [3.8, 4) is 5.75 Å². The number of ether oxygens (including phenoxy) is 1. The number of rotatable bonds is 8. The normalized spacial score (nSPS) is 11.1. The number of aromatic nitrogens is 1. The molecule has 27 heavy (non-hydrogen) atoms. The SMILES string of the molecule is CN=C(NCCCOc1ccccc1)NCCc1c[nH]c2ccccc12.I. The van der Waals surface area contributed by atoms with Crippen LogP contribution in [0.15, 0.2) is 65.8 Å². The average Bonchev–Trinajstić information content (AvgIpc) is 3.10. The highest BCUT2D eigenvalue weighted by Crippen LogP contribution is 2.17. The van der Waals surface area contributed by atoms with Crippen molar-refractivity contribution in [2.75, 3.05) is 26.7 Å². The van der Waals surface area contributed by atoms with Crippen molar-refractivity contribution >= 4 is 40.8 Å². The largest absolute Gasteiger partial charge is 0.494 e. The van der Waals surface area contributed by atoms with Crippen LogP contribution in [0.2, 0.25) is 0 Å². The number of aliphatic imine (C=N–C) groups is 1. The third-order valence-electron chi connectivity index (χ3n) is 4.21. The van der Waals surface area contributed by atoms with E-state index < -0.39 is 0 Å². The van der Waals surface area contributed by atoms with E-state index in [-0.39, 0.29) is 24.0 Å². The van der Waals surface area contributed by atoms with E-state index in [1.54, 1.807) is 7.05 Å². The van der Waals surface area contributed by atoms with Crippen LogP contribution in [0.3, 0.4) is 0 Å². The number of hydrogen-bond donors (Lipinski definition) is 3. The number of H-pyrrole nitrogens is 1. The lowest BCUT2D eigenvalue weighted by Crippen LogP contribution is -2.39. The molecule has 3 rings (SSSR count). The summed E-state index contributed by atoms with van der Waals surface area (Å²) in [5.74, 6) is 1.73. The molecular weight excluding hydrogens is 451 g/mol. The van der Waals surface area contributed by atoms with Crippen molar-refractivity contribution in [2.45, 2.75) is 12.8 Å². The van der Waals surface area contributed by atoms with E-state index in [9.17, 15) is 0 Å². The van der Waals surface area contributed by atoms with E-state index in [1.807, 2.05) is 36.4 Å². The zero-order valence-corrected chi connectivity index (χ0v) is 17.9. The van der Waals surface area contributed by atoms with Crippen LogP contribution < -0.4 is 15.4 Å². The van der Waals surface area contributed by atoms with Crippen LogP contribution >= 0.6 is 24.0 Å². The fourth-order valence-electron chi connectivity index (χ4n) is 2.86. The van der Waals surface area contributed by atoms with E-state index in [0.29, 0.717) is 6.61 Å². The Labute approximate surface area is 177 Å². The number of benzene rings is 2. The lowest BCUT2D eigenvalue weighted by atomic mass is 10.1. The molecule has 6 heteroatoms. The lowest BCUT2D eigenvalue weighted by molar-refractivity contribution is 0.311. The second-order valence-corrected chi connectivity index (χ2v) is 6.05. The maximum absolute atomic E-state index is 5.69. The van der Waals surface area contributed by atoms with Crippen molar-refractivity contribution < 1.29 is 4.74 Å². The van der Waals surface area contributed by atoms with Crippen LogP contribution in [0, 0.1) is 0 Å². The number of nitrogens with zero attached hydrogens (tertiary/aromatic N) is 1. The van der Waals surface area contributed by atoms with Crippen LogP contribution in [-0.4, -0.2) is 37.7 Å². The summed E-state index contributed by atoms with van der Waals surface area (Å²) in [5, 5.41) is 7.98. The van der Waals surface area contributed by atoms with Gasteiger partial charge in [0.05, 0.1) is 6.61 Å². The number of hydrogen-bond acceptors (Lipinski definition) is 2. The summed E-state index contributed by atoms with van der Waals surface area (Å²) < 4.78 is 5.69. The highest BCUT2D eigenvalue weighted by molar-refractivity contribution is 14.0. The molecule has 1 heterocycles. The molecule has 0 atom stereocenters. The highest BCUT2D eigenvalue weighted by atomic mass is 127. The zero-order chi connectivity index (χ0) is 18.0. The Morgan fingerprint density at radius 3 is 2.56 bits per heavy atom. The minimum absolute atomic E-state index is 0. The minimum Gasteiger partial charge on any atom is -0.494 e. The Bertz CT molecular complexity index is 832. The molecule has 0 bridgehead atoms. The second kappa shape index (κ2) is 11.5. The van der Waals surface area contributed by atoms with Gasteiger partial charge in [0, 0.05) is 37.2 Å². The van der Waals surface area contributed by atoms with Crippen molar-refractivity contribution in [3.63, 3.8) is 0 Å². The third-order valence-corrected chi connectivity index (χ3v) is 4.21. The van der Waals surface area contributed by atoms with Gasteiger partial charge in [-0.25, -0.2) is 0 Å². The van der Waals surface area contributed by atoms with Gasteiger partial charge < -0.3 is 20.4 Å². The van der Waals surface area contributed by atoms with Crippen molar-refractivity contribution in [1.82, 2.24) is 15.6 Å². The number of aromatic amines is 1. The molecule has 3 aromatic rings. The standard InChI is InChI=1S/C21H26N4O.HI/c1-22-21(23-13-7-15-26-18-8-3-2-4-9-18)24-14-12-17-16-25-20-11-6-5-10-19(17)20;/h2-6,8-11,16,25H,7,12-15H2,1H3,(H2,22,23,24);1H. The van der Waals surface area contributed by atoms with Crippen LogP contribution in [0.5, 0.6) is 5.75 Å². The summed E-state index contributed by atoms with van der Waals surface area (Å²) in [6, 6.07) is 18.3. The summed E-state index contributed by atoms with van der Waals surface area (Å²) in [4.78, 5) is 7.59. The summed E-state index contributed by atoms with van der Waals surface area (Å²) in [5.41, 5.74) is 2.50. The maximum atomic E-state index is 5.69. The van der Waals surface area contributed by atoms with Crippen LogP contribution in [0.25, 0.3) is 10.9 Å². The Morgan fingerprint density at radius 2 is 1.74 bits per heavy atom. The molecule has 0 saturated carbocycles. The molecule has 0 aliphatic carbocycles. The molecular formula is C21H27IN4O. The molecule has 1 aromatic heterocycles. The molecule has 3 N–H and O–H groups in total. The first-order valence-electron chi connectivity index (χ1n) is 9.04. The Balaban J connectivity index is 0.00000261. The first-order chi connectivity index (χ1) is 12.9. The van der Waals surface area contributed by atoms with Gasteiger partial charge in [-0.15, -0.1) is 24.0 Å². The van der Waals surface area contributed by atoms with E-state index in [1.165, 1.54) is 16.5 Å². The number of fused-ring (bicyclic) bond motifs is 1. The molecule has 0 unspecified atom stereocenters. The van der Waals surface area contributed by atoms with Crippen molar-refractivity contribution in [2.24, 2.45) is 4.99 Å². The fraction of sp³-hybridized carbons (Fsp3) is 0.286. The smallest absolute Gasteiger partial charge is 0.190 e. The topological polar surface area (TPSA) is 61.4 Å². The van der Waals surface area contributed by atoms with Gasteiger partial charge in [0.2, 0.25) is 0 Å². The first kappa shape index (κ1) is 21.1. The van der Waals surface area contributed by atoms with Crippen LogP contribution in [0.4, 0.5) is 0 Å². The molecule has 0 aliphatic heterocycles. The average molecular weight is 478 g/mol. The number of halogens is 1. The van der Waals surface area contributed by atoms with Crippen molar-refractivity contribution in [3.05, 3.63) is 66.4 Å². The van der Waals surface area contributed by atoms with E-state index >= 15 is 0 Å². The molecule has 2 aromatic carbocycles. The van der Waals surface area contributed by atoms with Crippen LogP contribution in [0.1, 0.15) is 12.0 Å². The van der Waals surface area contributed by atoms with E-state index in [4.69, 9.17) is 4.74 Å². The summed E-state index contributed by atoms with van der Waals surface area (Å²) in [7, 11) is 1.79. The van der Waals surface area contributed by atoms with Gasteiger partial charge in [-0.1, -0.05) is 36.4 Å². The van der Waals surface area contributed by atoms with Gasteiger partial charge >= 0.3 is 0 Å². The molecule has 0 spiro atoms. The Hall–Kier alpha value is -2.22. The van der Waals surface area contributed by atoms with Gasteiger partial charge in [-0.3, -0.25) is 4.99 Å². The molecule has 0 saturated heterocycles. The first-order valence-corrected chi connectivity index (χ1v) is 9.04. The van der Waals surface area contributed by atoms with Gasteiger partial charge in [-0.2, -0.15) is 0 Å². The molecule has 0 aliphatic rings. The molecule has 0 amide bonds. The van der Waals surface area contributed by atoms with Crippen LogP contribution in [-0.2, 0) is 6.42 Å². The summed E-state index contributed by atoms with van der Waals surface area (Å²) >= 11 is 0. The lowest BCUT2D eigenvalue weighted by Gasteiger charge is -2.12. The number of guanidine groups is 1. The highest BCUT2D eigenvalue weighted by Gasteiger charge is 2.03. The second-order valence-electron chi connectivity index (χ2n) is 6.05. The maximum Gasteiger partial charge on any atom is 0.190 e.